The lowest BCUT2D eigenvalue weighted by molar-refractivity contribution is 0.0154. The second-order valence-electron chi connectivity index (χ2n) is 8.17. The number of nitrogens with one attached hydrogen (secondary N) is 1. The Labute approximate surface area is 155 Å². The summed E-state index contributed by atoms with van der Waals surface area (Å²) in [5.41, 5.74) is 0.866. The zero-order valence-corrected chi connectivity index (χ0v) is 16.0. The summed E-state index contributed by atoms with van der Waals surface area (Å²) < 4.78 is 5.53. The summed E-state index contributed by atoms with van der Waals surface area (Å²) in [6.45, 7) is 7.11. The number of ether oxygens (including phenoxy) is 1. The lowest BCUT2D eigenvalue weighted by Crippen LogP contribution is -2.47. The molecule has 0 bridgehead atoms. The first-order valence-electron chi connectivity index (χ1n) is 9.40. The summed E-state index contributed by atoms with van der Waals surface area (Å²) in [6, 6.07) is 10.6. The van der Waals surface area contributed by atoms with E-state index >= 15 is 0 Å². The van der Waals surface area contributed by atoms with Crippen LogP contribution in [0.1, 0.15) is 51.4 Å². The minimum atomic E-state index is -0.458. The van der Waals surface area contributed by atoms with Crippen molar-refractivity contribution in [2.75, 3.05) is 13.1 Å². The van der Waals surface area contributed by atoms with Crippen LogP contribution < -0.4 is 0 Å². The Kier molecular flexibility index (Phi) is 5.35. The van der Waals surface area contributed by atoms with Gasteiger partial charge >= 0.3 is 6.09 Å². The van der Waals surface area contributed by atoms with Crippen LogP contribution in [0.4, 0.5) is 4.79 Å². The summed E-state index contributed by atoms with van der Waals surface area (Å²) in [6.07, 6.45) is 7.31. The van der Waals surface area contributed by atoms with Gasteiger partial charge in [0.2, 0.25) is 0 Å². The molecule has 0 unspecified atom stereocenters. The summed E-state index contributed by atoms with van der Waals surface area (Å²) in [4.78, 5) is 22.1. The second kappa shape index (κ2) is 7.52. The fourth-order valence-corrected chi connectivity index (χ4v) is 3.63. The highest BCUT2D eigenvalue weighted by molar-refractivity contribution is 5.68. The van der Waals surface area contributed by atoms with Gasteiger partial charge in [-0.15, -0.1) is 0 Å². The number of likely N-dealkylation sites (tertiary alicyclic amines) is 1. The third-order valence-electron chi connectivity index (χ3n) is 5.11. The number of hydrogen-bond donors (Lipinski definition) is 1. The Hall–Kier alpha value is -2.30. The Balaban J connectivity index is 1.68. The fraction of sp³-hybridized carbons (Fsp3) is 0.524. The number of aromatic nitrogens is 2. The standard InChI is InChI=1S/C21H29N3O2/c1-20(2,3)26-19(25)24-15-11-21(12-16-24,18-22-13-14-23-18)10-9-17-7-5-4-6-8-17/h4-8,13-14H,9-12,15-16H2,1-3H3,(H,22,23). The molecule has 1 aliphatic rings. The van der Waals surface area contributed by atoms with E-state index in [4.69, 9.17) is 4.74 Å². The van der Waals surface area contributed by atoms with Gasteiger partial charge in [0.05, 0.1) is 0 Å². The van der Waals surface area contributed by atoms with Gasteiger partial charge in [-0.2, -0.15) is 0 Å². The van der Waals surface area contributed by atoms with Crippen molar-refractivity contribution >= 4 is 6.09 Å². The topological polar surface area (TPSA) is 58.2 Å². The number of rotatable bonds is 4. The van der Waals surface area contributed by atoms with Crippen molar-refractivity contribution in [3.8, 4) is 0 Å². The highest BCUT2D eigenvalue weighted by atomic mass is 16.6. The molecule has 5 nitrogen and oxygen atoms in total. The number of imidazole rings is 1. The minimum Gasteiger partial charge on any atom is -0.444 e. The van der Waals surface area contributed by atoms with Crippen LogP contribution in [-0.2, 0) is 16.6 Å². The van der Waals surface area contributed by atoms with Gasteiger partial charge in [0.15, 0.2) is 0 Å². The van der Waals surface area contributed by atoms with E-state index < -0.39 is 5.60 Å². The first-order valence-corrected chi connectivity index (χ1v) is 9.40. The zero-order chi connectivity index (χ0) is 18.6. The largest absolute Gasteiger partial charge is 0.444 e. The van der Waals surface area contributed by atoms with E-state index in [0.717, 1.165) is 31.5 Å². The molecule has 1 amide bonds. The van der Waals surface area contributed by atoms with Gasteiger partial charge in [0.1, 0.15) is 11.4 Å². The molecule has 1 aliphatic heterocycles. The maximum Gasteiger partial charge on any atom is 0.410 e. The van der Waals surface area contributed by atoms with Gasteiger partial charge in [0, 0.05) is 30.9 Å². The predicted molar refractivity (Wildman–Crippen MR) is 102 cm³/mol. The van der Waals surface area contributed by atoms with Gasteiger partial charge in [-0.1, -0.05) is 30.3 Å². The summed E-state index contributed by atoms with van der Waals surface area (Å²) in [7, 11) is 0. The van der Waals surface area contributed by atoms with Crippen LogP contribution in [0.15, 0.2) is 42.7 Å². The number of H-pyrrole nitrogens is 1. The highest BCUT2D eigenvalue weighted by Gasteiger charge is 2.39. The van der Waals surface area contributed by atoms with Gasteiger partial charge in [0.25, 0.3) is 0 Å². The van der Waals surface area contributed by atoms with Crippen molar-refractivity contribution in [2.45, 2.75) is 57.5 Å². The van der Waals surface area contributed by atoms with E-state index in [9.17, 15) is 4.79 Å². The van der Waals surface area contributed by atoms with E-state index in [2.05, 4.69) is 34.2 Å². The monoisotopic (exact) mass is 355 g/mol. The quantitative estimate of drug-likeness (QED) is 0.889. The molecular weight excluding hydrogens is 326 g/mol. The van der Waals surface area contributed by atoms with Crippen molar-refractivity contribution in [3.05, 3.63) is 54.1 Å². The Bertz CT molecular complexity index is 697. The summed E-state index contributed by atoms with van der Waals surface area (Å²) in [5.74, 6) is 1.04. The van der Waals surface area contributed by atoms with Gasteiger partial charge in [-0.05, 0) is 52.0 Å². The van der Waals surface area contributed by atoms with E-state index in [1.165, 1.54) is 5.56 Å². The molecule has 140 valence electrons. The molecule has 0 spiro atoms. The third-order valence-corrected chi connectivity index (χ3v) is 5.11. The fourth-order valence-electron chi connectivity index (χ4n) is 3.63. The second-order valence-corrected chi connectivity index (χ2v) is 8.17. The summed E-state index contributed by atoms with van der Waals surface area (Å²) in [5, 5.41) is 0. The lowest BCUT2D eigenvalue weighted by atomic mass is 9.73. The highest BCUT2D eigenvalue weighted by Crippen LogP contribution is 2.38. The Morgan fingerprint density at radius 1 is 1.23 bits per heavy atom. The number of hydrogen-bond acceptors (Lipinski definition) is 3. The molecule has 1 fully saturated rings. The molecule has 1 saturated heterocycles. The minimum absolute atomic E-state index is 0.0160. The number of aromatic amines is 1. The van der Waals surface area contributed by atoms with Crippen molar-refractivity contribution in [1.82, 2.24) is 14.9 Å². The van der Waals surface area contributed by atoms with Crippen LogP contribution in [0.25, 0.3) is 0 Å². The first-order chi connectivity index (χ1) is 12.4. The first kappa shape index (κ1) is 18.5. The maximum atomic E-state index is 12.4. The molecular formula is C21H29N3O2. The predicted octanol–water partition coefficient (Wildman–Crippen LogP) is 4.31. The molecule has 0 radical (unpaired) electrons. The van der Waals surface area contributed by atoms with E-state index in [-0.39, 0.29) is 11.5 Å². The number of piperidine rings is 1. The number of nitrogens with zero attached hydrogens (tertiary/aromatic N) is 2. The van der Waals surface area contributed by atoms with Gasteiger partial charge < -0.3 is 14.6 Å². The van der Waals surface area contributed by atoms with Crippen molar-refractivity contribution in [1.29, 1.82) is 0 Å². The maximum absolute atomic E-state index is 12.4. The van der Waals surface area contributed by atoms with Gasteiger partial charge in [-0.25, -0.2) is 9.78 Å². The van der Waals surface area contributed by atoms with Crippen LogP contribution in [0.3, 0.4) is 0 Å². The average molecular weight is 355 g/mol. The zero-order valence-electron chi connectivity index (χ0n) is 16.0. The number of aryl methyl sites for hydroxylation is 1. The molecule has 2 heterocycles. The number of carbonyl (C=O) groups excluding carboxylic acids is 1. The molecule has 0 atom stereocenters. The molecule has 0 aliphatic carbocycles. The molecule has 26 heavy (non-hydrogen) atoms. The lowest BCUT2D eigenvalue weighted by Gasteiger charge is -2.41. The average Bonchev–Trinajstić information content (AvgIpc) is 3.15. The van der Waals surface area contributed by atoms with Gasteiger partial charge in [-0.3, -0.25) is 0 Å². The molecule has 1 aromatic carbocycles. The van der Waals surface area contributed by atoms with Crippen molar-refractivity contribution in [2.24, 2.45) is 0 Å². The normalized spacial score (nSPS) is 17.1. The molecule has 2 aromatic rings. The number of carbonyl (C=O) groups is 1. The number of benzene rings is 1. The molecule has 1 aromatic heterocycles. The van der Waals surface area contributed by atoms with E-state index in [1.54, 1.807) is 0 Å². The van der Waals surface area contributed by atoms with E-state index in [1.807, 2.05) is 44.1 Å². The number of amides is 1. The van der Waals surface area contributed by atoms with Crippen LogP contribution in [0, 0.1) is 0 Å². The third kappa shape index (κ3) is 4.45. The molecule has 5 heteroatoms. The van der Waals surface area contributed by atoms with Crippen molar-refractivity contribution < 1.29 is 9.53 Å². The Morgan fingerprint density at radius 3 is 2.50 bits per heavy atom. The molecule has 0 saturated carbocycles. The van der Waals surface area contributed by atoms with E-state index in [0.29, 0.717) is 13.1 Å². The molecule has 3 rings (SSSR count). The van der Waals surface area contributed by atoms with Crippen LogP contribution >= 0.6 is 0 Å². The van der Waals surface area contributed by atoms with Crippen LogP contribution in [0.2, 0.25) is 0 Å². The smallest absolute Gasteiger partial charge is 0.410 e. The Morgan fingerprint density at radius 2 is 1.92 bits per heavy atom. The SMILES string of the molecule is CC(C)(C)OC(=O)N1CCC(CCc2ccccc2)(c2ncc[nH]2)CC1. The summed E-state index contributed by atoms with van der Waals surface area (Å²) >= 11 is 0. The van der Waals surface area contributed by atoms with Crippen LogP contribution in [0.5, 0.6) is 0 Å². The van der Waals surface area contributed by atoms with Crippen molar-refractivity contribution in [3.63, 3.8) is 0 Å². The molecule has 1 N–H and O–H groups in total. The van der Waals surface area contributed by atoms with Crippen LogP contribution in [-0.4, -0.2) is 39.7 Å².